The number of carbonyl (C=O) groups excluding carboxylic acids is 2. The van der Waals surface area contributed by atoms with Crippen molar-refractivity contribution in [2.24, 2.45) is 7.05 Å². The first-order chi connectivity index (χ1) is 24.4. The lowest BCUT2D eigenvalue weighted by atomic mass is 9.91. The number of alkyl carbamates (subject to hydrolysis) is 1. The van der Waals surface area contributed by atoms with Crippen LogP contribution in [-0.2, 0) is 18.3 Å². The van der Waals surface area contributed by atoms with Crippen molar-refractivity contribution in [3.8, 4) is 17.2 Å². The molecule has 2 aliphatic rings. The van der Waals surface area contributed by atoms with Gasteiger partial charge in [0.25, 0.3) is 0 Å². The summed E-state index contributed by atoms with van der Waals surface area (Å²) >= 11 is 0. The van der Waals surface area contributed by atoms with Crippen LogP contribution in [0.5, 0.6) is 0 Å². The third-order valence-electron chi connectivity index (χ3n) is 9.25. The molecule has 260 valence electrons. The number of rotatable bonds is 13. The summed E-state index contributed by atoms with van der Waals surface area (Å²) in [4.78, 5) is 43.2. The Morgan fingerprint density at radius 3 is 2.58 bits per heavy atom. The second-order valence-corrected chi connectivity index (χ2v) is 12.8. The minimum absolute atomic E-state index is 0.105. The van der Waals surface area contributed by atoms with Crippen LogP contribution in [0.25, 0.3) is 11.1 Å². The molecule has 50 heavy (non-hydrogen) atoms. The van der Waals surface area contributed by atoms with E-state index < -0.39 is 5.60 Å². The summed E-state index contributed by atoms with van der Waals surface area (Å²) in [6.45, 7) is 4.81. The number of pyridine rings is 1. The number of hydrogen-bond acceptors (Lipinski definition) is 10. The monoisotopic (exact) mass is 677 g/mol. The van der Waals surface area contributed by atoms with Crippen molar-refractivity contribution < 1.29 is 14.3 Å². The van der Waals surface area contributed by atoms with Gasteiger partial charge < -0.3 is 25.6 Å². The highest BCUT2D eigenvalue weighted by Gasteiger charge is 2.43. The van der Waals surface area contributed by atoms with Gasteiger partial charge in [-0.05, 0) is 37.0 Å². The van der Waals surface area contributed by atoms with Crippen molar-refractivity contribution in [1.29, 1.82) is 5.26 Å². The van der Waals surface area contributed by atoms with Crippen molar-refractivity contribution in [2.75, 3.05) is 41.3 Å². The van der Waals surface area contributed by atoms with Crippen molar-refractivity contribution in [3.05, 3.63) is 78.4 Å². The maximum absolute atomic E-state index is 13.9. The first kappa shape index (κ1) is 34.2. The van der Waals surface area contributed by atoms with Gasteiger partial charge in [-0.15, -0.1) is 0 Å². The number of aryl methyl sites for hydroxylation is 1. The van der Waals surface area contributed by atoms with Gasteiger partial charge in [-0.3, -0.25) is 9.58 Å². The molecule has 1 atom stereocenters. The van der Waals surface area contributed by atoms with E-state index in [-0.39, 0.29) is 18.2 Å². The second-order valence-electron chi connectivity index (χ2n) is 12.8. The number of nitriles is 1. The molecule has 2 fully saturated rings. The van der Waals surface area contributed by atoms with E-state index in [4.69, 9.17) is 14.7 Å². The van der Waals surface area contributed by atoms with Gasteiger partial charge in [0.15, 0.2) is 5.82 Å². The van der Waals surface area contributed by atoms with E-state index in [1.165, 1.54) is 0 Å². The lowest BCUT2D eigenvalue weighted by Crippen LogP contribution is -2.47. The van der Waals surface area contributed by atoms with E-state index >= 15 is 0 Å². The lowest BCUT2D eigenvalue weighted by Gasteiger charge is -2.37. The van der Waals surface area contributed by atoms with E-state index in [0.29, 0.717) is 68.7 Å². The number of piperidine rings is 1. The Hall–Kier alpha value is -5.71. The van der Waals surface area contributed by atoms with Gasteiger partial charge in [-0.2, -0.15) is 15.3 Å². The average molecular weight is 678 g/mol. The molecule has 1 aromatic carbocycles. The van der Waals surface area contributed by atoms with Crippen LogP contribution in [0.3, 0.4) is 0 Å². The molecule has 4 aromatic rings. The summed E-state index contributed by atoms with van der Waals surface area (Å²) in [5, 5.41) is 23.2. The average Bonchev–Trinajstić information content (AvgIpc) is 3.74. The van der Waals surface area contributed by atoms with Gasteiger partial charge in [0.2, 0.25) is 5.95 Å². The maximum atomic E-state index is 13.9. The van der Waals surface area contributed by atoms with Gasteiger partial charge >= 0.3 is 12.1 Å². The number of amides is 3. The van der Waals surface area contributed by atoms with Crippen molar-refractivity contribution in [3.63, 3.8) is 0 Å². The van der Waals surface area contributed by atoms with Gasteiger partial charge in [-0.25, -0.2) is 19.6 Å². The first-order valence-electron chi connectivity index (χ1n) is 17.2. The SMILES string of the molecule is CCC[C@@H](CCCNc1ncc(C#N)c(N2CCC3(CC2)CNC(=O)O3)n1)N(C(=O)NCc1ccccc1)c1ccc(-c2cnn(C)c2)cn1. The zero-order valence-corrected chi connectivity index (χ0v) is 28.5. The standard InChI is InChI=1S/C36H43N11O3/c1-3-8-30(11-7-16-38-33-40-22-28(19-37)32(44-33)46-17-14-36(15-18-46)25-42-35(49)50-36)47(34(48)41-20-26-9-5-4-6-10-26)31-13-12-27(21-39-31)29-23-43-45(2)24-29/h4-6,9-10,12-13,21-24,30H,3,7-8,11,14-18,20,25H2,1-2H3,(H,41,48)(H,42,49)(H,38,40,44)/t30-/m0/s1. The Kier molecular flexibility index (Phi) is 10.7. The second kappa shape index (κ2) is 15.7. The van der Waals surface area contributed by atoms with E-state index in [2.05, 4.69) is 43.9 Å². The third-order valence-corrected chi connectivity index (χ3v) is 9.25. The molecule has 3 amide bonds. The molecule has 5 heterocycles. The normalized spacial score (nSPS) is 15.5. The lowest BCUT2D eigenvalue weighted by molar-refractivity contribution is 0.0365. The highest BCUT2D eigenvalue weighted by molar-refractivity contribution is 5.91. The van der Waals surface area contributed by atoms with Gasteiger partial charge in [0, 0.05) is 75.6 Å². The summed E-state index contributed by atoms with van der Waals surface area (Å²) < 4.78 is 7.30. The van der Waals surface area contributed by atoms with Crippen molar-refractivity contribution in [2.45, 2.75) is 63.6 Å². The molecule has 6 rings (SSSR count). The fourth-order valence-corrected chi connectivity index (χ4v) is 6.54. The molecule has 14 heteroatoms. The summed E-state index contributed by atoms with van der Waals surface area (Å²) in [6, 6.07) is 15.6. The molecule has 3 N–H and O–H groups in total. The zero-order chi connectivity index (χ0) is 34.9. The van der Waals surface area contributed by atoms with Crippen LogP contribution in [-0.4, -0.2) is 74.7 Å². The van der Waals surface area contributed by atoms with Crippen molar-refractivity contribution in [1.82, 2.24) is 35.4 Å². The number of aromatic nitrogens is 5. The maximum Gasteiger partial charge on any atom is 0.407 e. The van der Waals surface area contributed by atoms with Crippen LogP contribution in [0.2, 0.25) is 0 Å². The van der Waals surface area contributed by atoms with Gasteiger partial charge in [-0.1, -0.05) is 43.7 Å². The summed E-state index contributed by atoms with van der Waals surface area (Å²) in [7, 11) is 1.87. The molecule has 2 aliphatic heterocycles. The quantitative estimate of drug-likeness (QED) is 0.164. The Morgan fingerprint density at radius 2 is 1.92 bits per heavy atom. The minimum Gasteiger partial charge on any atom is -0.441 e. The Morgan fingerprint density at radius 1 is 1.10 bits per heavy atom. The Balaban J connectivity index is 1.12. The number of urea groups is 1. The summed E-state index contributed by atoms with van der Waals surface area (Å²) in [5.74, 6) is 1.59. The number of hydrogen-bond donors (Lipinski definition) is 3. The molecular weight excluding hydrogens is 634 g/mol. The predicted molar refractivity (Wildman–Crippen MR) is 189 cm³/mol. The van der Waals surface area contributed by atoms with E-state index in [1.807, 2.05) is 55.7 Å². The van der Waals surface area contributed by atoms with E-state index in [0.717, 1.165) is 42.4 Å². The minimum atomic E-state index is -0.493. The number of nitrogens with one attached hydrogen (secondary N) is 3. The van der Waals surface area contributed by atoms with Crippen LogP contribution in [0.1, 0.15) is 56.6 Å². The molecule has 0 bridgehead atoms. The number of carbonyl (C=O) groups is 2. The molecular formula is C36H43N11O3. The summed E-state index contributed by atoms with van der Waals surface area (Å²) in [6.07, 6.45) is 11.1. The fourth-order valence-electron chi connectivity index (χ4n) is 6.54. The van der Waals surface area contributed by atoms with Crippen molar-refractivity contribution >= 4 is 29.7 Å². The van der Waals surface area contributed by atoms with Crippen LogP contribution < -0.4 is 25.8 Å². The molecule has 2 saturated heterocycles. The first-order valence-corrected chi connectivity index (χ1v) is 17.2. The molecule has 0 radical (unpaired) electrons. The number of ether oxygens (including phenoxy) is 1. The van der Waals surface area contributed by atoms with Gasteiger partial charge in [0.05, 0.1) is 18.9 Å². The highest BCUT2D eigenvalue weighted by Crippen LogP contribution is 2.32. The molecule has 0 saturated carbocycles. The smallest absolute Gasteiger partial charge is 0.407 e. The molecule has 0 unspecified atom stereocenters. The van der Waals surface area contributed by atoms with Crippen LogP contribution in [0.4, 0.5) is 27.2 Å². The molecule has 14 nitrogen and oxygen atoms in total. The van der Waals surface area contributed by atoms with E-state index in [9.17, 15) is 14.9 Å². The number of anilines is 3. The Bertz CT molecular complexity index is 1800. The fraction of sp³-hybridized carbons (Fsp3) is 0.417. The molecule has 0 aliphatic carbocycles. The van der Waals surface area contributed by atoms with Crippen LogP contribution in [0.15, 0.2) is 67.3 Å². The molecule has 3 aromatic heterocycles. The topological polar surface area (TPSA) is 166 Å². The zero-order valence-electron chi connectivity index (χ0n) is 28.5. The van der Waals surface area contributed by atoms with Crippen LogP contribution in [0, 0.1) is 11.3 Å². The highest BCUT2D eigenvalue weighted by atomic mass is 16.6. The van der Waals surface area contributed by atoms with Crippen LogP contribution >= 0.6 is 0 Å². The molecule has 1 spiro atoms. The van der Waals surface area contributed by atoms with Gasteiger partial charge in [0.1, 0.15) is 23.1 Å². The largest absolute Gasteiger partial charge is 0.441 e. The number of benzene rings is 1. The summed E-state index contributed by atoms with van der Waals surface area (Å²) in [5.41, 5.74) is 2.80. The number of nitrogens with zero attached hydrogens (tertiary/aromatic N) is 8. The van der Waals surface area contributed by atoms with E-state index in [1.54, 1.807) is 28.2 Å². The Labute approximate surface area is 291 Å². The predicted octanol–water partition coefficient (Wildman–Crippen LogP) is 5.00. The third kappa shape index (κ3) is 8.11.